The molecule has 0 aromatic heterocycles. The lowest BCUT2D eigenvalue weighted by molar-refractivity contribution is 0.0782. The first kappa shape index (κ1) is 11.7. The minimum Gasteiger partial charge on any atom is -0.495 e. The van der Waals surface area contributed by atoms with Crippen LogP contribution in [0.15, 0.2) is 18.2 Å². The third kappa shape index (κ3) is 2.33. The van der Waals surface area contributed by atoms with E-state index in [4.69, 9.17) is 10.5 Å². The van der Waals surface area contributed by atoms with Gasteiger partial charge in [0.1, 0.15) is 11.9 Å². The topological polar surface area (TPSA) is 55.6 Å². The molecule has 4 nitrogen and oxygen atoms in total. The summed E-state index contributed by atoms with van der Waals surface area (Å²) in [5, 5.41) is 0. The van der Waals surface area contributed by atoms with Gasteiger partial charge in [0.05, 0.1) is 19.3 Å². The first-order valence-corrected chi connectivity index (χ1v) is 5.48. The molecule has 1 saturated heterocycles. The highest BCUT2D eigenvalue weighted by molar-refractivity contribution is 5.95. The molecule has 0 unspecified atom stereocenters. The number of amides is 1. The molecule has 1 atom stereocenters. The number of anilines is 1. The molecule has 1 aliphatic heterocycles. The van der Waals surface area contributed by atoms with E-state index in [2.05, 4.69) is 0 Å². The zero-order valence-electron chi connectivity index (χ0n) is 9.65. The Morgan fingerprint density at radius 3 is 2.94 bits per heavy atom. The molecule has 2 N–H and O–H groups in total. The molecular formula is C12H15FN2O2. The molecule has 92 valence electrons. The van der Waals surface area contributed by atoms with Gasteiger partial charge in [-0.15, -0.1) is 0 Å². The third-order valence-electron chi connectivity index (χ3n) is 2.90. The second-order valence-electron chi connectivity index (χ2n) is 4.09. The van der Waals surface area contributed by atoms with E-state index in [0.717, 1.165) is 0 Å². The summed E-state index contributed by atoms with van der Waals surface area (Å²) in [4.78, 5) is 13.5. The molecule has 1 aromatic carbocycles. The Morgan fingerprint density at radius 1 is 1.59 bits per heavy atom. The Labute approximate surface area is 99.2 Å². The third-order valence-corrected chi connectivity index (χ3v) is 2.90. The summed E-state index contributed by atoms with van der Waals surface area (Å²) in [6, 6.07) is 4.84. The molecule has 0 saturated carbocycles. The Balaban J connectivity index is 2.19. The van der Waals surface area contributed by atoms with Crippen molar-refractivity contribution in [2.24, 2.45) is 0 Å². The van der Waals surface area contributed by atoms with Gasteiger partial charge in [0.2, 0.25) is 0 Å². The Hall–Kier alpha value is -1.78. The lowest BCUT2D eigenvalue weighted by Crippen LogP contribution is -2.28. The minimum absolute atomic E-state index is 0.172. The minimum atomic E-state index is -0.908. The second kappa shape index (κ2) is 4.61. The number of methoxy groups -OCH3 is 1. The van der Waals surface area contributed by atoms with Crippen LogP contribution in [0.25, 0.3) is 0 Å². The van der Waals surface area contributed by atoms with Crippen LogP contribution in [-0.2, 0) is 0 Å². The number of alkyl halides is 1. The number of nitrogen functional groups attached to an aromatic ring is 1. The van der Waals surface area contributed by atoms with Crippen molar-refractivity contribution in [3.63, 3.8) is 0 Å². The fourth-order valence-corrected chi connectivity index (χ4v) is 1.93. The van der Waals surface area contributed by atoms with E-state index in [1.165, 1.54) is 12.0 Å². The van der Waals surface area contributed by atoms with E-state index >= 15 is 0 Å². The molecule has 0 spiro atoms. The fourth-order valence-electron chi connectivity index (χ4n) is 1.93. The van der Waals surface area contributed by atoms with Gasteiger partial charge in [-0.25, -0.2) is 4.39 Å². The van der Waals surface area contributed by atoms with Gasteiger partial charge in [-0.1, -0.05) is 0 Å². The van der Waals surface area contributed by atoms with E-state index in [-0.39, 0.29) is 12.5 Å². The Bertz CT molecular complexity index is 437. The number of rotatable bonds is 2. The van der Waals surface area contributed by atoms with Crippen molar-refractivity contribution < 1.29 is 13.9 Å². The van der Waals surface area contributed by atoms with E-state index < -0.39 is 6.17 Å². The van der Waals surface area contributed by atoms with Crippen molar-refractivity contribution in [1.29, 1.82) is 0 Å². The quantitative estimate of drug-likeness (QED) is 0.794. The van der Waals surface area contributed by atoms with Crippen molar-refractivity contribution in [2.75, 3.05) is 25.9 Å². The number of likely N-dealkylation sites (tertiary alicyclic amines) is 1. The number of nitrogens with zero attached hydrogens (tertiary/aromatic N) is 1. The molecule has 5 heteroatoms. The highest BCUT2D eigenvalue weighted by Crippen LogP contribution is 2.24. The molecule has 1 heterocycles. The zero-order chi connectivity index (χ0) is 12.4. The monoisotopic (exact) mass is 238 g/mol. The number of hydrogen-bond acceptors (Lipinski definition) is 3. The van der Waals surface area contributed by atoms with Gasteiger partial charge in [0, 0.05) is 12.1 Å². The van der Waals surface area contributed by atoms with Gasteiger partial charge in [0.15, 0.2) is 0 Å². The first-order chi connectivity index (χ1) is 8.11. The summed E-state index contributed by atoms with van der Waals surface area (Å²) in [7, 11) is 1.49. The second-order valence-corrected chi connectivity index (χ2v) is 4.09. The van der Waals surface area contributed by atoms with Gasteiger partial charge in [-0.2, -0.15) is 0 Å². The van der Waals surface area contributed by atoms with Crippen LogP contribution in [0.5, 0.6) is 5.75 Å². The molecule has 0 aliphatic carbocycles. The van der Waals surface area contributed by atoms with Crippen LogP contribution in [0, 0.1) is 0 Å². The molecule has 1 aromatic rings. The van der Waals surface area contributed by atoms with Crippen molar-refractivity contribution in [3.8, 4) is 5.75 Å². The maximum atomic E-state index is 13.0. The summed E-state index contributed by atoms with van der Waals surface area (Å²) >= 11 is 0. The van der Waals surface area contributed by atoms with Crippen LogP contribution >= 0.6 is 0 Å². The Kier molecular flexibility index (Phi) is 3.17. The van der Waals surface area contributed by atoms with E-state index in [1.807, 2.05) is 0 Å². The summed E-state index contributed by atoms with van der Waals surface area (Å²) in [6.07, 6.45) is -0.493. The number of hydrogen-bond donors (Lipinski definition) is 1. The zero-order valence-corrected chi connectivity index (χ0v) is 9.65. The standard InChI is InChI=1S/C12H15FN2O2/c1-17-11-6-8(2-3-10(11)14)12(16)15-5-4-9(13)7-15/h2-3,6,9H,4-5,7,14H2,1H3/t9-/m0/s1. The molecule has 1 amide bonds. The number of benzene rings is 1. The number of halogens is 1. The van der Waals surface area contributed by atoms with Crippen molar-refractivity contribution in [3.05, 3.63) is 23.8 Å². The average Bonchev–Trinajstić information content (AvgIpc) is 2.75. The summed E-state index contributed by atoms with van der Waals surface area (Å²) in [5.74, 6) is 0.287. The van der Waals surface area contributed by atoms with Gasteiger partial charge >= 0.3 is 0 Å². The van der Waals surface area contributed by atoms with Crippen molar-refractivity contribution in [1.82, 2.24) is 4.90 Å². The van der Waals surface area contributed by atoms with Crippen molar-refractivity contribution in [2.45, 2.75) is 12.6 Å². The van der Waals surface area contributed by atoms with Gasteiger partial charge in [0.25, 0.3) is 5.91 Å². The molecule has 1 fully saturated rings. The molecule has 17 heavy (non-hydrogen) atoms. The molecule has 2 rings (SSSR count). The molecule has 1 aliphatic rings. The molecular weight excluding hydrogens is 223 g/mol. The smallest absolute Gasteiger partial charge is 0.254 e. The predicted octanol–water partition coefficient (Wildman–Crippen LogP) is 1.46. The van der Waals surface area contributed by atoms with Crippen LogP contribution in [0.2, 0.25) is 0 Å². The van der Waals surface area contributed by atoms with Crippen LogP contribution in [0.3, 0.4) is 0 Å². The maximum Gasteiger partial charge on any atom is 0.254 e. The van der Waals surface area contributed by atoms with Crippen LogP contribution in [0.4, 0.5) is 10.1 Å². The highest BCUT2D eigenvalue weighted by Gasteiger charge is 2.26. The lowest BCUT2D eigenvalue weighted by atomic mass is 10.1. The summed E-state index contributed by atoms with van der Waals surface area (Å²) < 4.78 is 18.1. The van der Waals surface area contributed by atoms with E-state index in [0.29, 0.717) is 30.0 Å². The van der Waals surface area contributed by atoms with Crippen LogP contribution in [-0.4, -0.2) is 37.2 Å². The van der Waals surface area contributed by atoms with Gasteiger partial charge in [-0.3, -0.25) is 4.79 Å². The number of carbonyl (C=O) groups excluding carboxylic acids is 1. The maximum absolute atomic E-state index is 13.0. The van der Waals surface area contributed by atoms with Crippen LogP contribution in [0.1, 0.15) is 16.8 Å². The van der Waals surface area contributed by atoms with Gasteiger partial charge in [-0.05, 0) is 24.6 Å². The Morgan fingerprint density at radius 2 is 2.35 bits per heavy atom. The summed E-state index contributed by atoms with van der Waals surface area (Å²) in [6.45, 7) is 0.637. The largest absolute Gasteiger partial charge is 0.495 e. The van der Waals surface area contributed by atoms with Gasteiger partial charge < -0.3 is 15.4 Å². The normalized spacial score (nSPS) is 19.4. The lowest BCUT2D eigenvalue weighted by Gasteiger charge is -2.16. The van der Waals surface area contributed by atoms with Crippen LogP contribution < -0.4 is 10.5 Å². The predicted molar refractivity (Wildman–Crippen MR) is 62.8 cm³/mol. The SMILES string of the molecule is COc1cc(C(=O)N2CC[C@H](F)C2)ccc1N. The van der Waals surface area contributed by atoms with E-state index in [1.54, 1.807) is 18.2 Å². The van der Waals surface area contributed by atoms with Crippen molar-refractivity contribution >= 4 is 11.6 Å². The van der Waals surface area contributed by atoms with E-state index in [9.17, 15) is 9.18 Å². The summed E-state index contributed by atoms with van der Waals surface area (Å²) in [5.41, 5.74) is 6.62. The average molecular weight is 238 g/mol. The highest BCUT2D eigenvalue weighted by atomic mass is 19.1. The molecule has 0 bridgehead atoms. The number of carbonyl (C=O) groups is 1. The number of nitrogens with two attached hydrogens (primary N) is 1. The number of ether oxygens (including phenoxy) is 1. The first-order valence-electron chi connectivity index (χ1n) is 5.48. The fraction of sp³-hybridized carbons (Fsp3) is 0.417. The molecule has 0 radical (unpaired) electrons.